The standard InChI is InChI=1S/C8H13NO2/c1-7(10)6-8(11)9-4-2-3-5-9/h6,10H,2-5H2,1H3/b7-6+. The second-order valence-electron chi connectivity index (χ2n) is 2.82. The van der Waals surface area contributed by atoms with Gasteiger partial charge < -0.3 is 10.0 Å². The highest BCUT2D eigenvalue weighted by Gasteiger charge is 2.15. The van der Waals surface area contributed by atoms with Gasteiger partial charge in [0.2, 0.25) is 5.91 Å². The van der Waals surface area contributed by atoms with Crippen LogP contribution in [0.1, 0.15) is 19.8 Å². The van der Waals surface area contributed by atoms with Gasteiger partial charge in [-0.25, -0.2) is 0 Å². The molecule has 1 aliphatic rings. The molecule has 0 aromatic carbocycles. The molecule has 0 spiro atoms. The Morgan fingerprint density at radius 1 is 1.45 bits per heavy atom. The zero-order chi connectivity index (χ0) is 8.27. The van der Waals surface area contributed by atoms with E-state index in [0.717, 1.165) is 25.9 Å². The molecule has 1 saturated heterocycles. The monoisotopic (exact) mass is 155 g/mol. The van der Waals surface area contributed by atoms with Crippen molar-refractivity contribution >= 4 is 5.91 Å². The third-order valence-corrected chi connectivity index (χ3v) is 1.75. The van der Waals surface area contributed by atoms with Crippen LogP contribution in [0.15, 0.2) is 11.8 Å². The molecule has 0 aliphatic carbocycles. The summed E-state index contributed by atoms with van der Waals surface area (Å²) in [7, 11) is 0. The Morgan fingerprint density at radius 3 is 2.45 bits per heavy atom. The van der Waals surface area contributed by atoms with Crippen molar-refractivity contribution in [2.45, 2.75) is 19.8 Å². The van der Waals surface area contributed by atoms with Gasteiger partial charge in [0.1, 0.15) is 0 Å². The van der Waals surface area contributed by atoms with Crippen LogP contribution < -0.4 is 0 Å². The molecule has 1 aliphatic heterocycles. The van der Waals surface area contributed by atoms with E-state index >= 15 is 0 Å². The summed E-state index contributed by atoms with van der Waals surface area (Å²) in [5, 5.41) is 8.80. The van der Waals surface area contributed by atoms with E-state index in [1.54, 1.807) is 4.90 Å². The van der Waals surface area contributed by atoms with Crippen molar-refractivity contribution < 1.29 is 9.90 Å². The van der Waals surface area contributed by atoms with E-state index < -0.39 is 0 Å². The lowest BCUT2D eigenvalue weighted by molar-refractivity contribution is -0.125. The van der Waals surface area contributed by atoms with E-state index in [-0.39, 0.29) is 11.7 Å². The number of aliphatic hydroxyl groups excluding tert-OH is 1. The average molecular weight is 155 g/mol. The minimum Gasteiger partial charge on any atom is -0.512 e. The average Bonchev–Trinajstić information content (AvgIpc) is 2.35. The van der Waals surface area contributed by atoms with Crippen molar-refractivity contribution in [1.29, 1.82) is 0 Å². The Kier molecular flexibility index (Phi) is 2.52. The van der Waals surface area contributed by atoms with E-state index in [0.29, 0.717) is 0 Å². The van der Waals surface area contributed by atoms with Crippen molar-refractivity contribution in [1.82, 2.24) is 4.90 Å². The summed E-state index contributed by atoms with van der Waals surface area (Å²) in [6.07, 6.45) is 3.44. The van der Waals surface area contributed by atoms with E-state index in [1.807, 2.05) is 0 Å². The Bertz CT molecular complexity index is 177. The van der Waals surface area contributed by atoms with Crippen LogP contribution in [0.25, 0.3) is 0 Å². The third-order valence-electron chi connectivity index (χ3n) is 1.75. The lowest BCUT2D eigenvalue weighted by atomic mass is 10.4. The lowest BCUT2D eigenvalue weighted by Crippen LogP contribution is -2.25. The van der Waals surface area contributed by atoms with Crippen LogP contribution in [0, 0.1) is 0 Å². The molecular formula is C8H13NO2. The van der Waals surface area contributed by atoms with Gasteiger partial charge >= 0.3 is 0 Å². The largest absolute Gasteiger partial charge is 0.512 e. The normalized spacial score (nSPS) is 19.0. The van der Waals surface area contributed by atoms with Crippen LogP contribution in [0.5, 0.6) is 0 Å². The number of likely N-dealkylation sites (tertiary alicyclic amines) is 1. The number of rotatable bonds is 1. The van der Waals surface area contributed by atoms with E-state index in [1.165, 1.54) is 13.0 Å². The SMILES string of the molecule is C/C(O)=C\C(=O)N1CCCC1. The van der Waals surface area contributed by atoms with Crippen molar-refractivity contribution in [3.05, 3.63) is 11.8 Å². The summed E-state index contributed by atoms with van der Waals surface area (Å²) in [5.41, 5.74) is 0. The first-order chi connectivity index (χ1) is 5.20. The molecule has 0 saturated carbocycles. The minimum absolute atomic E-state index is 0.0671. The Hall–Kier alpha value is -0.990. The fraction of sp³-hybridized carbons (Fsp3) is 0.625. The Morgan fingerprint density at radius 2 is 2.00 bits per heavy atom. The third kappa shape index (κ3) is 2.26. The molecule has 3 heteroatoms. The van der Waals surface area contributed by atoms with Crippen molar-refractivity contribution in [3.63, 3.8) is 0 Å². The zero-order valence-corrected chi connectivity index (χ0v) is 6.71. The topological polar surface area (TPSA) is 40.5 Å². The second-order valence-corrected chi connectivity index (χ2v) is 2.82. The molecule has 3 nitrogen and oxygen atoms in total. The molecule has 0 bridgehead atoms. The quantitative estimate of drug-likeness (QED) is 0.454. The van der Waals surface area contributed by atoms with Crippen LogP contribution in [0.4, 0.5) is 0 Å². The molecule has 62 valence electrons. The van der Waals surface area contributed by atoms with Crippen molar-refractivity contribution in [2.24, 2.45) is 0 Å². The molecule has 1 amide bonds. The molecule has 1 N–H and O–H groups in total. The maximum Gasteiger partial charge on any atom is 0.249 e. The summed E-state index contributed by atoms with van der Waals surface area (Å²) in [4.78, 5) is 12.9. The predicted molar refractivity (Wildman–Crippen MR) is 42.2 cm³/mol. The van der Waals surface area contributed by atoms with Crippen LogP contribution >= 0.6 is 0 Å². The first-order valence-corrected chi connectivity index (χ1v) is 3.86. The highest BCUT2D eigenvalue weighted by Crippen LogP contribution is 2.07. The number of hydrogen-bond donors (Lipinski definition) is 1. The first kappa shape index (κ1) is 8.11. The molecule has 11 heavy (non-hydrogen) atoms. The fourth-order valence-electron chi connectivity index (χ4n) is 1.21. The Balaban J connectivity index is 2.47. The van der Waals surface area contributed by atoms with Gasteiger partial charge in [-0.3, -0.25) is 4.79 Å². The molecule has 1 heterocycles. The second kappa shape index (κ2) is 3.42. The number of carbonyl (C=O) groups excluding carboxylic acids is 1. The number of hydrogen-bond acceptors (Lipinski definition) is 2. The lowest BCUT2D eigenvalue weighted by Gasteiger charge is -2.11. The number of aliphatic hydroxyl groups is 1. The van der Waals surface area contributed by atoms with Crippen molar-refractivity contribution in [3.8, 4) is 0 Å². The maximum absolute atomic E-state index is 11.1. The molecule has 0 aromatic rings. The van der Waals surface area contributed by atoms with Gasteiger partial charge in [0.05, 0.1) is 5.76 Å². The van der Waals surface area contributed by atoms with E-state index in [2.05, 4.69) is 0 Å². The predicted octanol–water partition coefficient (Wildman–Crippen LogP) is 1.07. The molecule has 0 aromatic heterocycles. The molecule has 0 unspecified atom stereocenters. The van der Waals surface area contributed by atoms with Crippen LogP contribution in [0.3, 0.4) is 0 Å². The van der Waals surface area contributed by atoms with Gasteiger partial charge in [-0.1, -0.05) is 0 Å². The van der Waals surface area contributed by atoms with Gasteiger partial charge in [0.25, 0.3) is 0 Å². The molecule has 0 radical (unpaired) electrons. The van der Waals surface area contributed by atoms with Gasteiger partial charge in [-0.05, 0) is 19.8 Å². The van der Waals surface area contributed by atoms with E-state index in [4.69, 9.17) is 5.11 Å². The fourth-order valence-corrected chi connectivity index (χ4v) is 1.21. The highest BCUT2D eigenvalue weighted by atomic mass is 16.3. The number of nitrogens with zero attached hydrogens (tertiary/aromatic N) is 1. The van der Waals surface area contributed by atoms with Gasteiger partial charge in [0.15, 0.2) is 0 Å². The van der Waals surface area contributed by atoms with Gasteiger partial charge in [-0.2, -0.15) is 0 Å². The summed E-state index contributed by atoms with van der Waals surface area (Å²) in [5.74, 6) is 0.0180. The van der Waals surface area contributed by atoms with Crippen LogP contribution in [-0.4, -0.2) is 29.0 Å². The molecule has 1 rings (SSSR count). The van der Waals surface area contributed by atoms with Gasteiger partial charge in [-0.15, -0.1) is 0 Å². The van der Waals surface area contributed by atoms with Gasteiger partial charge in [0, 0.05) is 19.2 Å². The highest BCUT2D eigenvalue weighted by molar-refractivity contribution is 5.88. The summed E-state index contributed by atoms with van der Waals surface area (Å²) in [6.45, 7) is 3.18. The molecular weight excluding hydrogens is 142 g/mol. The van der Waals surface area contributed by atoms with Crippen LogP contribution in [-0.2, 0) is 4.79 Å². The van der Waals surface area contributed by atoms with Crippen LogP contribution in [0.2, 0.25) is 0 Å². The summed E-state index contributed by atoms with van der Waals surface area (Å²) in [6, 6.07) is 0. The minimum atomic E-state index is -0.0671. The summed E-state index contributed by atoms with van der Waals surface area (Å²) < 4.78 is 0. The van der Waals surface area contributed by atoms with Crippen molar-refractivity contribution in [2.75, 3.05) is 13.1 Å². The van der Waals surface area contributed by atoms with E-state index in [9.17, 15) is 4.79 Å². The summed E-state index contributed by atoms with van der Waals surface area (Å²) >= 11 is 0. The number of amides is 1. The first-order valence-electron chi connectivity index (χ1n) is 3.86. The zero-order valence-electron chi connectivity index (χ0n) is 6.71. The smallest absolute Gasteiger partial charge is 0.249 e. The Labute approximate surface area is 66.3 Å². The number of allylic oxidation sites excluding steroid dienone is 1. The molecule has 1 fully saturated rings. The number of carbonyl (C=O) groups is 1. The molecule has 0 atom stereocenters. The maximum atomic E-state index is 11.1.